The van der Waals surface area contributed by atoms with Gasteiger partial charge < -0.3 is 4.90 Å². The van der Waals surface area contributed by atoms with Crippen molar-refractivity contribution < 1.29 is 0 Å². The third-order valence-electron chi connectivity index (χ3n) is 3.49. The molecule has 1 aliphatic rings. The first-order chi connectivity index (χ1) is 10.3. The zero-order valence-corrected chi connectivity index (χ0v) is 13.0. The molecule has 0 aromatic heterocycles. The molecule has 0 atom stereocenters. The van der Waals surface area contributed by atoms with Crippen molar-refractivity contribution in [2.45, 2.75) is 39.5 Å². The van der Waals surface area contributed by atoms with Gasteiger partial charge in [0.15, 0.2) is 0 Å². The summed E-state index contributed by atoms with van der Waals surface area (Å²) in [6.45, 7) is 6.57. The van der Waals surface area contributed by atoms with E-state index in [4.69, 9.17) is 0 Å². The Morgan fingerprint density at radius 2 is 1.67 bits per heavy atom. The van der Waals surface area contributed by atoms with Gasteiger partial charge in [0.1, 0.15) is 11.4 Å². The van der Waals surface area contributed by atoms with E-state index in [1.54, 1.807) is 0 Å². The van der Waals surface area contributed by atoms with Crippen molar-refractivity contribution >= 4 is 5.71 Å². The molecule has 1 aliphatic heterocycles. The number of rotatable bonds is 8. The van der Waals surface area contributed by atoms with Crippen LogP contribution in [0.2, 0.25) is 0 Å². The van der Waals surface area contributed by atoms with E-state index in [0.29, 0.717) is 0 Å². The van der Waals surface area contributed by atoms with E-state index in [2.05, 4.69) is 40.4 Å². The Balaban J connectivity index is 2.12. The zero-order valence-electron chi connectivity index (χ0n) is 13.0. The molecule has 0 unspecified atom stereocenters. The molecule has 0 radical (unpaired) electrons. The molecule has 0 fully saturated rings. The number of hydrogen-bond donors (Lipinski definition) is 0. The summed E-state index contributed by atoms with van der Waals surface area (Å²) in [5, 5.41) is 12.2. The van der Waals surface area contributed by atoms with Gasteiger partial charge in [-0.25, -0.2) is 0 Å². The van der Waals surface area contributed by atoms with Crippen molar-refractivity contribution in [3.8, 4) is 0 Å². The molecule has 4 heteroatoms. The van der Waals surface area contributed by atoms with E-state index >= 15 is 0 Å². The predicted molar refractivity (Wildman–Crippen MR) is 87.3 cm³/mol. The molecule has 0 aliphatic carbocycles. The molecule has 0 N–H and O–H groups in total. The Morgan fingerprint density at radius 1 is 1.00 bits per heavy atom. The SMILES string of the molecule is CCCCN(C=C1N=NN=C1c1ccccc1)CCCC. The summed E-state index contributed by atoms with van der Waals surface area (Å²) < 4.78 is 0. The second kappa shape index (κ2) is 8.35. The Labute approximate surface area is 127 Å². The van der Waals surface area contributed by atoms with E-state index in [1.807, 2.05) is 30.3 Å². The Kier molecular flexibility index (Phi) is 6.13. The maximum Gasteiger partial charge on any atom is 0.131 e. The van der Waals surface area contributed by atoms with Gasteiger partial charge in [-0.2, -0.15) is 0 Å². The molecule has 1 aromatic carbocycles. The van der Waals surface area contributed by atoms with Crippen molar-refractivity contribution in [3.05, 3.63) is 47.8 Å². The van der Waals surface area contributed by atoms with Crippen LogP contribution in [0.25, 0.3) is 0 Å². The molecule has 4 nitrogen and oxygen atoms in total. The first-order valence-corrected chi connectivity index (χ1v) is 7.85. The van der Waals surface area contributed by atoms with Crippen LogP contribution in [0.1, 0.15) is 45.1 Å². The molecule has 112 valence electrons. The number of hydrogen-bond acceptors (Lipinski definition) is 4. The van der Waals surface area contributed by atoms with Gasteiger partial charge in [0.05, 0.1) is 0 Å². The maximum absolute atomic E-state index is 4.19. The van der Waals surface area contributed by atoms with Crippen LogP contribution in [-0.4, -0.2) is 23.7 Å². The van der Waals surface area contributed by atoms with Crippen LogP contribution in [0.3, 0.4) is 0 Å². The summed E-state index contributed by atoms with van der Waals surface area (Å²) in [6, 6.07) is 10.1. The Bertz CT molecular complexity index is 509. The van der Waals surface area contributed by atoms with Gasteiger partial charge in [0, 0.05) is 24.9 Å². The monoisotopic (exact) mass is 284 g/mol. The minimum Gasteiger partial charge on any atom is -0.376 e. The minimum absolute atomic E-state index is 0.869. The molecular weight excluding hydrogens is 260 g/mol. The summed E-state index contributed by atoms with van der Waals surface area (Å²) >= 11 is 0. The van der Waals surface area contributed by atoms with E-state index in [9.17, 15) is 0 Å². The average Bonchev–Trinajstić information content (AvgIpc) is 2.99. The molecule has 0 saturated carbocycles. The van der Waals surface area contributed by atoms with Crippen LogP contribution in [0, 0.1) is 0 Å². The third kappa shape index (κ3) is 4.52. The van der Waals surface area contributed by atoms with Crippen LogP contribution >= 0.6 is 0 Å². The summed E-state index contributed by atoms with van der Waals surface area (Å²) in [5.41, 5.74) is 2.81. The topological polar surface area (TPSA) is 40.3 Å². The van der Waals surface area contributed by atoms with Crippen molar-refractivity contribution in [3.63, 3.8) is 0 Å². The van der Waals surface area contributed by atoms with E-state index in [-0.39, 0.29) is 0 Å². The molecule has 0 spiro atoms. The van der Waals surface area contributed by atoms with E-state index in [1.165, 1.54) is 25.7 Å². The van der Waals surface area contributed by atoms with Gasteiger partial charge in [-0.3, -0.25) is 0 Å². The van der Waals surface area contributed by atoms with Crippen LogP contribution in [-0.2, 0) is 0 Å². The largest absolute Gasteiger partial charge is 0.376 e. The normalized spacial score (nSPS) is 15.5. The van der Waals surface area contributed by atoms with Crippen molar-refractivity contribution in [2.24, 2.45) is 15.4 Å². The molecule has 0 amide bonds. The Hall–Kier alpha value is -1.97. The van der Waals surface area contributed by atoms with Crippen LogP contribution in [0.15, 0.2) is 57.7 Å². The zero-order chi connectivity index (χ0) is 14.9. The lowest BCUT2D eigenvalue weighted by molar-refractivity contribution is 0.358. The van der Waals surface area contributed by atoms with Gasteiger partial charge in [-0.15, -0.1) is 10.2 Å². The number of allylic oxidation sites excluding steroid dienone is 1. The second-order valence-electron chi connectivity index (χ2n) is 5.26. The lowest BCUT2D eigenvalue weighted by Gasteiger charge is -2.20. The summed E-state index contributed by atoms with van der Waals surface area (Å²) in [5.74, 6) is 0. The van der Waals surface area contributed by atoms with Gasteiger partial charge in [0.25, 0.3) is 0 Å². The summed E-state index contributed by atoms with van der Waals surface area (Å²) in [6.07, 6.45) is 6.92. The summed E-state index contributed by atoms with van der Waals surface area (Å²) in [7, 11) is 0. The molecule has 1 heterocycles. The fourth-order valence-electron chi connectivity index (χ4n) is 2.24. The average molecular weight is 284 g/mol. The van der Waals surface area contributed by atoms with Crippen LogP contribution in [0.4, 0.5) is 0 Å². The Morgan fingerprint density at radius 3 is 2.29 bits per heavy atom. The highest BCUT2D eigenvalue weighted by molar-refractivity contribution is 6.12. The molecular formula is C17H24N4. The molecule has 21 heavy (non-hydrogen) atoms. The third-order valence-corrected chi connectivity index (χ3v) is 3.49. The van der Waals surface area contributed by atoms with Gasteiger partial charge in [-0.05, 0) is 18.1 Å². The first kappa shape index (κ1) is 15.4. The van der Waals surface area contributed by atoms with Gasteiger partial charge >= 0.3 is 0 Å². The fraction of sp³-hybridized carbons (Fsp3) is 0.471. The first-order valence-electron chi connectivity index (χ1n) is 7.85. The number of nitrogens with zero attached hydrogens (tertiary/aromatic N) is 4. The molecule has 0 bridgehead atoms. The van der Waals surface area contributed by atoms with Crippen molar-refractivity contribution in [1.82, 2.24) is 4.90 Å². The lowest BCUT2D eigenvalue weighted by Crippen LogP contribution is -2.21. The molecule has 2 rings (SSSR count). The standard InChI is InChI=1S/C17H24N4/c1-3-5-12-21(13-6-4-2)14-16-17(19-20-18-16)15-10-8-7-9-11-15/h7-11,14H,3-6,12-13H2,1-2H3. The summed E-state index contributed by atoms with van der Waals surface area (Å²) in [4.78, 5) is 2.35. The lowest BCUT2D eigenvalue weighted by atomic mass is 10.1. The highest BCUT2D eigenvalue weighted by Gasteiger charge is 2.15. The quantitative estimate of drug-likeness (QED) is 0.687. The van der Waals surface area contributed by atoms with E-state index < -0.39 is 0 Å². The smallest absolute Gasteiger partial charge is 0.131 e. The maximum atomic E-state index is 4.19. The molecule has 1 aromatic rings. The minimum atomic E-state index is 0.869. The second-order valence-corrected chi connectivity index (χ2v) is 5.26. The number of unbranched alkanes of at least 4 members (excludes halogenated alkanes) is 2. The predicted octanol–water partition coefficient (Wildman–Crippen LogP) is 4.60. The van der Waals surface area contributed by atoms with Crippen molar-refractivity contribution in [1.29, 1.82) is 0 Å². The van der Waals surface area contributed by atoms with Gasteiger partial charge in [-0.1, -0.05) is 57.0 Å². The van der Waals surface area contributed by atoms with Crippen LogP contribution < -0.4 is 0 Å². The highest BCUT2D eigenvalue weighted by Crippen LogP contribution is 2.18. The van der Waals surface area contributed by atoms with Crippen LogP contribution in [0.5, 0.6) is 0 Å². The van der Waals surface area contributed by atoms with E-state index in [0.717, 1.165) is 30.1 Å². The fourth-order valence-corrected chi connectivity index (χ4v) is 2.24. The van der Waals surface area contributed by atoms with Crippen molar-refractivity contribution in [2.75, 3.05) is 13.1 Å². The number of benzene rings is 1. The molecule has 0 saturated heterocycles. The highest BCUT2D eigenvalue weighted by atomic mass is 15.4. The van der Waals surface area contributed by atoms with Gasteiger partial charge in [0.2, 0.25) is 0 Å².